The quantitative estimate of drug-likeness (QED) is 0.316. The van der Waals surface area contributed by atoms with E-state index in [0.29, 0.717) is 0 Å². The van der Waals surface area contributed by atoms with Gasteiger partial charge in [0.15, 0.2) is 6.35 Å². The van der Waals surface area contributed by atoms with Gasteiger partial charge in [-0.3, -0.25) is 9.09 Å². The van der Waals surface area contributed by atoms with Gasteiger partial charge in [-0.25, -0.2) is 17.6 Å². The zero-order valence-corrected chi connectivity index (χ0v) is 14.4. The summed E-state index contributed by atoms with van der Waals surface area (Å²) in [6, 6.07) is 0. The summed E-state index contributed by atoms with van der Waals surface area (Å²) in [5.41, 5.74) is 0. The topological polar surface area (TPSA) is 63.2 Å². The maximum absolute atomic E-state index is 12.8. The molecule has 0 radical (unpaired) electrons. The molecule has 0 heterocycles. The van der Waals surface area contributed by atoms with Crippen LogP contribution in [-0.2, 0) is 27.2 Å². The van der Waals surface area contributed by atoms with Crippen molar-refractivity contribution >= 4 is 16.2 Å². The van der Waals surface area contributed by atoms with Gasteiger partial charge in [0.25, 0.3) is 0 Å². The van der Waals surface area contributed by atoms with E-state index >= 15 is 0 Å². The van der Waals surface area contributed by atoms with Gasteiger partial charge >= 0.3 is 40.9 Å². The van der Waals surface area contributed by atoms with Crippen LogP contribution >= 0.6 is 16.2 Å². The Balaban J connectivity index is 4.90. The third kappa shape index (κ3) is 8.89. The smallest absolute Gasteiger partial charge is 0.310 e. The summed E-state index contributed by atoms with van der Waals surface area (Å²) < 4.78 is 132. The number of alkyl halides is 8. The molecule has 0 aliphatic heterocycles. The van der Waals surface area contributed by atoms with Crippen LogP contribution in [0, 0.1) is 0 Å². The van der Waals surface area contributed by atoms with E-state index in [4.69, 9.17) is 0 Å². The first-order valence-electron chi connectivity index (χ1n) is 6.01. The van der Waals surface area contributed by atoms with Crippen molar-refractivity contribution in [3.8, 4) is 0 Å². The van der Waals surface area contributed by atoms with Crippen molar-refractivity contribution in [3.05, 3.63) is 0 Å². The molecule has 0 aromatic heterocycles. The lowest BCUT2D eigenvalue weighted by Gasteiger charge is -2.23. The average molecular weight is 432 g/mol. The molecule has 0 aromatic carbocycles. The van der Waals surface area contributed by atoms with Crippen molar-refractivity contribution in [1.82, 2.24) is 0 Å². The number of rotatable bonds is 13. The highest BCUT2D eigenvalue weighted by Crippen LogP contribution is 2.52. The van der Waals surface area contributed by atoms with E-state index in [9.17, 15) is 39.7 Å². The van der Waals surface area contributed by atoms with Crippen LogP contribution < -0.4 is 0 Å². The Morgan fingerprint density at radius 3 is 1.48 bits per heavy atom. The molecule has 0 N–H and O–H groups in total. The lowest BCUT2D eigenvalue weighted by atomic mass is 10.4. The van der Waals surface area contributed by atoms with Gasteiger partial charge in [-0.05, 0) is 0 Å². The number of halogens is 8. The Labute approximate surface area is 138 Å². The van der Waals surface area contributed by atoms with Gasteiger partial charge in [0, 0.05) is 14.2 Å². The van der Waals surface area contributed by atoms with Gasteiger partial charge in [0.2, 0.25) is 0 Å². The van der Waals surface area contributed by atoms with Crippen molar-refractivity contribution in [3.63, 3.8) is 0 Å². The molecule has 0 saturated heterocycles. The highest BCUT2D eigenvalue weighted by Gasteiger charge is 2.45. The van der Waals surface area contributed by atoms with Crippen molar-refractivity contribution < 1.29 is 62.3 Å². The second-order valence-corrected chi connectivity index (χ2v) is 7.56. The minimum absolute atomic E-state index is 0.896. The van der Waals surface area contributed by atoms with Crippen LogP contribution in [0.5, 0.6) is 0 Å². The normalized spacial score (nSPS) is 14.1. The molecule has 0 aliphatic rings. The third-order valence-electron chi connectivity index (χ3n) is 2.24. The number of hydrogen-bond donors (Lipinski definition) is 0. The summed E-state index contributed by atoms with van der Waals surface area (Å²) in [7, 11) is -5.42. The molecular formula is C9H14F8O6P2. The molecule has 0 fully saturated rings. The first-order chi connectivity index (χ1) is 11.3. The SMILES string of the molecule is COP(=O)(COP(OCC(F)(F)C(F)F)OCC(F)(F)C(F)F)OC. The van der Waals surface area contributed by atoms with Crippen molar-refractivity contribution in [2.75, 3.05) is 33.8 Å². The van der Waals surface area contributed by atoms with E-state index in [2.05, 4.69) is 22.6 Å². The van der Waals surface area contributed by atoms with E-state index in [0.717, 1.165) is 14.2 Å². The third-order valence-corrected chi connectivity index (χ3v) is 5.02. The van der Waals surface area contributed by atoms with Gasteiger partial charge in [-0.1, -0.05) is 0 Å². The molecule has 25 heavy (non-hydrogen) atoms. The van der Waals surface area contributed by atoms with Crippen LogP contribution in [0.4, 0.5) is 35.1 Å². The Bertz CT molecular complexity index is 408. The maximum atomic E-state index is 12.8. The maximum Gasteiger partial charge on any atom is 0.356 e. The first kappa shape index (κ1) is 24.9. The van der Waals surface area contributed by atoms with Crippen molar-refractivity contribution in [2.45, 2.75) is 24.7 Å². The summed E-state index contributed by atoms with van der Waals surface area (Å²) in [5.74, 6) is -9.38. The van der Waals surface area contributed by atoms with Gasteiger partial charge in [0.1, 0.15) is 13.2 Å². The average Bonchev–Trinajstić information content (AvgIpc) is 2.53. The molecular weight excluding hydrogens is 418 g/mol. The summed E-state index contributed by atoms with van der Waals surface area (Å²) in [4.78, 5) is 0. The highest BCUT2D eigenvalue weighted by atomic mass is 31.2. The Morgan fingerprint density at radius 1 is 0.840 bits per heavy atom. The Hall–Kier alpha value is -0.100. The van der Waals surface area contributed by atoms with Crippen LogP contribution in [-0.4, -0.2) is 58.5 Å². The van der Waals surface area contributed by atoms with E-state index in [1.165, 1.54) is 0 Å². The summed E-state index contributed by atoms with van der Waals surface area (Å²) in [6.07, 6.45) is -9.38. The molecule has 0 aromatic rings. The molecule has 0 bridgehead atoms. The second kappa shape index (κ2) is 10.3. The molecule has 16 heteroatoms. The van der Waals surface area contributed by atoms with Crippen LogP contribution in [0.25, 0.3) is 0 Å². The van der Waals surface area contributed by atoms with Crippen molar-refractivity contribution in [1.29, 1.82) is 0 Å². The lowest BCUT2D eigenvalue weighted by Crippen LogP contribution is -2.33. The van der Waals surface area contributed by atoms with E-state index in [1.54, 1.807) is 0 Å². The molecule has 0 unspecified atom stereocenters. The fourth-order valence-corrected chi connectivity index (χ4v) is 2.89. The van der Waals surface area contributed by atoms with E-state index in [-0.39, 0.29) is 0 Å². The summed E-state index contributed by atoms with van der Waals surface area (Å²) in [5, 5.41) is 0. The molecule has 6 nitrogen and oxygen atoms in total. The Kier molecular flexibility index (Phi) is 10.2. The zero-order chi connectivity index (χ0) is 19.9. The van der Waals surface area contributed by atoms with E-state index < -0.39 is 60.5 Å². The molecule has 0 atom stereocenters. The minimum atomic E-state index is -4.69. The van der Waals surface area contributed by atoms with Crippen molar-refractivity contribution in [2.24, 2.45) is 0 Å². The van der Waals surface area contributed by atoms with Crippen LogP contribution in [0.3, 0.4) is 0 Å². The predicted octanol–water partition coefficient (Wildman–Crippen LogP) is 4.51. The van der Waals surface area contributed by atoms with Gasteiger partial charge in [0.05, 0.1) is 0 Å². The van der Waals surface area contributed by atoms with Gasteiger partial charge in [-0.2, -0.15) is 17.6 Å². The molecule has 0 saturated carbocycles. The zero-order valence-electron chi connectivity index (χ0n) is 12.6. The summed E-state index contributed by atoms with van der Waals surface area (Å²) in [6.45, 7) is -4.05. The standard InChI is InChI=1S/C9H14F8O6P2/c1-19-25(18,20-2)5-23-24(21-3-8(14,15)6(10)11)22-4-9(16,17)7(12)13/h6-7H,3-5H2,1-2H3. The molecule has 0 spiro atoms. The lowest BCUT2D eigenvalue weighted by molar-refractivity contribution is -0.159. The first-order valence-corrected chi connectivity index (χ1v) is 8.83. The van der Waals surface area contributed by atoms with Crippen LogP contribution in [0.1, 0.15) is 0 Å². The van der Waals surface area contributed by atoms with E-state index in [1.807, 2.05) is 0 Å². The van der Waals surface area contributed by atoms with Gasteiger partial charge in [-0.15, -0.1) is 0 Å². The predicted molar refractivity (Wildman–Crippen MR) is 68.3 cm³/mol. The number of hydrogen-bond acceptors (Lipinski definition) is 6. The molecule has 152 valence electrons. The largest absolute Gasteiger partial charge is 0.356 e. The van der Waals surface area contributed by atoms with Crippen LogP contribution in [0.2, 0.25) is 0 Å². The summed E-state index contributed by atoms with van der Waals surface area (Å²) >= 11 is 0. The Morgan fingerprint density at radius 2 is 1.20 bits per heavy atom. The second-order valence-electron chi connectivity index (χ2n) is 4.13. The molecule has 0 aliphatic carbocycles. The monoisotopic (exact) mass is 432 g/mol. The molecule has 0 amide bonds. The van der Waals surface area contributed by atoms with Gasteiger partial charge < -0.3 is 18.1 Å². The molecule has 0 rings (SSSR count). The van der Waals surface area contributed by atoms with Crippen LogP contribution in [0.15, 0.2) is 0 Å². The fourth-order valence-electron chi connectivity index (χ4n) is 0.813. The fraction of sp³-hybridized carbons (Fsp3) is 1.00. The minimum Gasteiger partial charge on any atom is -0.310 e. The highest BCUT2D eigenvalue weighted by molar-refractivity contribution is 7.54.